The molecule has 6 heteroatoms. The van der Waals surface area contributed by atoms with Crippen LogP contribution in [0.4, 0.5) is 5.69 Å². The second-order valence-electron chi connectivity index (χ2n) is 5.34. The minimum absolute atomic E-state index is 0.455. The molecule has 5 nitrogen and oxygen atoms in total. The molecule has 1 aromatic heterocycles. The Morgan fingerprint density at radius 1 is 1.48 bits per heavy atom. The Bertz CT molecular complexity index is 733. The molecule has 0 fully saturated rings. The molecule has 1 unspecified atom stereocenters. The highest BCUT2D eigenvalue weighted by molar-refractivity contribution is 14.1. The van der Waals surface area contributed by atoms with Crippen LogP contribution in [0.15, 0.2) is 23.3 Å². The molecule has 1 atom stereocenters. The first-order valence-electron chi connectivity index (χ1n) is 7.17. The lowest BCUT2D eigenvalue weighted by molar-refractivity contribution is 0.345. The second kappa shape index (κ2) is 5.17. The molecule has 1 aromatic carbocycles. The first kappa shape index (κ1) is 14.6. The summed E-state index contributed by atoms with van der Waals surface area (Å²) < 4.78 is 3.36. The molecule has 2 heterocycles. The van der Waals surface area contributed by atoms with Gasteiger partial charge in [-0.25, -0.2) is 4.99 Å². The number of nitrogens with one attached hydrogen (secondary N) is 2. The third-order valence-electron chi connectivity index (χ3n) is 4.08. The Labute approximate surface area is 138 Å². The maximum Gasteiger partial charge on any atom is 0.195 e. The standard InChI is InChI=1S/C15H20IN5/c1-4-15(18-5-2)12-9-6-7-21(3)13(9)10(16)8-11(12)19-14(17)20-15/h6-8,18H,4-5H2,1-3H3,(H3,17,19,20). The lowest BCUT2D eigenvalue weighted by Crippen LogP contribution is -2.46. The van der Waals surface area contributed by atoms with E-state index in [1.54, 1.807) is 0 Å². The van der Waals surface area contributed by atoms with Gasteiger partial charge in [0.15, 0.2) is 5.96 Å². The lowest BCUT2D eigenvalue weighted by atomic mass is 9.90. The van der Waals surface area contributed by atoms with Crippen molar-refractivity contribution in [1.82, 2.24) is 9.88 Å². The second-order valence-corrected chi connectivity index (χ2v) is 6.50. The zero-order valence-corrected chi connectivity index (χ0v) is 14.7. The zero-order chi connectivity index (χ0) is 15.2. The first-order chi connectivity index (χ1) is 10.0. The summed E-state index contributed by atoms with van der Waals surface area (Å²) in [6.07, 6.45) is 2.95. The highest BCUT2D eigenvalue weighted by atomic mass is 127. The Hall–Kier alpha value is -1.28. The molecule has 0 spiro atoms. The van der Waals surface area contributed by atoms with Gasteiger partial charge in [0.1, 0.15) is 5.66 Å². The van der Waals surface area contributed by atoms with Crippen LogP contribution in [0.3, 0.4) is 0 Å². The minimum atomic E-state index is -0.455. The van der Waals surface area contributed by atoms with E-state index in [0.717, 1.165) is 18.7 Å². The summed E-state index contributed by atoms with van der Waals surface area (Å²) >= 11 is 2.38. The van der Waals surface area contributed by atoms with Gasteiger partial charge < -0.3 is 15.6 Å². The number of nitrogens with zero attached hydrogens (tertiary/aromatic N) is 2. The van der Waals surface area contributed by atoms with Gasteiger partial charge in [-0.05, 0) is 47.7 Å². The third-order valence-corrected chi connectivity index (χ3v) is 4.90. The van der Waals surface area contributed by atoms with E-state index in [1.165, 1.54) is 20.0 Å². The van der Waals surface area contributed by atoms with Crippen LogP contribution in [-0.4, -0.2) is 17.1 Å². The number of aliphatic imine (C=N–C) groups is 1. The predicted molar refractivity (Wildman–Crippen MR) is 96.5 cm³/mol. The van der Waals surface area contributed by atoms with Crippen molar-refractivity contribution in [1.29, 1.82) is 0 Å². The number of guanidine groups is 1. The summed E-state index contributed by atoms with van der Waals surface area (Å²) in [7, 11) is 2.08. The fourth-order valence-corrected chi connectivity index (χ4v) is 4.20. The highest BCUT2D eigenvalue weighted by Gasteiger charge is 2.37. The lowest BCUT2D eigenvalue weighted by Gasteiger charge is -2.36. The number of hydrogen-bond donors (Lipinski definition) is 3. The summed E-state index contributed by atoms with van der Waals surface area (Å²) in [4.78, 5) is 4.71. The summed E-state index contributed by atoms with van der Waals surface area (Å²) in [5.41, 5.74) is 9.05. The predicted octanol–water partition coefficient (Wildman–Crippen LogP) is 2.70. The molecule has 0 saturated heterocycles. The fourth-order valence-electron chi connectivity index (χ4n) is 3.21. The van der Waals surface area contributed by atoms with Gasteiger partial charge in [0, 0.05) is 33.5 Å². The van der Waals surface area contributed by atoms with Crippen LogP contribution in [0.2, 0.25) is 0 Å². The van der Waals surface area contributed by atoms with Crippen molar-refractivity contribution in [3.05, 3.63) is 27.5 Å². The molecular weight excluding hydrogens is 377 g/mol. The van der Waals surface area contributed by atoms with Crippen molar-refractivity contribution in [3.63, 3.8) is 0 Å². The summed E-state index contributed by atoms with van der Waals surface area (Å²) in [6, 6.07) is 4.32. The molecule has 1 aliphatic heterocycles. The van der Waals surface area contributed by atoms with E-state index in [2.05, 4.69) is 77.0 Å². The summed E-state index contributed by atoms with van der Waals surface area (Å²) in [6.45, 7) is 5.07. The van der Waals surface area contributed by atoms with Crippen LogP contribution in [-0.2, 0) is 12.7 Å². The van der Waals surface area contributed by atoms with Crippen molar-refractivity contribution < 1.29 is 0 Å². The van der Waals surface area contributed by atoms with E-state index in [9.17, 15) is 0 Å². The molecule has 112 valence electrons. The molecule has 2 aromatic rings. The quantitative estimate of drug-likeness (QED) is 0.698. The van der Waals surface area contributed by atoms with E-state index >= 15 is 0 Å². The number of rotatable bonds is 3. The normalized spacial score (nSPS) is 21.0. The summed E-state index contributed by atoms with van der Waals surface area (Å²) in [5.74, 6) is 0.469. The van der Waals surface area contributed by atoms with Crippen molar-refractivity contribution in [3.8, 4) is 0 Å². The van der Waals surface area contributed by atoms with Gasteiger partial charge in [-0.15, -0.1) is 0 Å². The number of fused-ring (bicyclic) bond motifs is 3. The maximum absolute atomic E-state index is 6.02. The van der Waals surface area contributed by atoms with Gasteiger partial charge in [-0.1, -0.05) is 13.8 Å². The smallest absolute Gasteiger partial charge is 0.195 e. The maximum atomic E-state index is 6.02. The Morgan fingerprint density at radius 3 is 2.90 bits per heavy atom. The van der Waals surface area contributed by atoms with E-state index < -0.39 is 5.66 Å². The van der Waals surface area contributed by atoms with Crippen molar-refractivity contribution in [2.24, 2.45) is 17.8 Å². The fraction of sp³-hybridized carbons (Fsp3) is 0.400. The molecule has 0 aliphatic carbocycles. The third kappa shape index (κ3) is 2.12. The molecule has 0 radical (unpaired) electrons. The molecule has 3 rings (SSSR count). The largest absolute Gasteiger partial charge is 0.370 e. The van der Waals surface area contributed by atoms with Gasteiger partial charge >= 0.3 is 0 Å². The van der Waals surface area contributed by atoms with E-state index in [1.807, 2.05) is 0 Å². The monoisotopic (exact) mass is 397 g/mol. The van der Waals surface area contributed by atoms with Gasteiger partial charge in [0.05, 0.1) is 5.52 Å². The Kier molecular flexibility index (Phi) is 3.61. The van der Waals surface area contributed by atoms with Gasteiger partial charge in [0.25, 0.3) is 0 Å². The van der Waals surface area contributed by atoms with Crippen LogP contribution >= 0.6 is 22.6 Å². The van der Waals surface area contributed by atoms with Crippen LogP contribution in [0.5, 0.6) is 0 Å². The minimum Gasteiger partial charge on any atom is -0.370 e. The van der Waals surface area contributed by atoms with Gasteiger partial charge in [-0.3, -0.25) is 5.32 Å². The molecule has 0 bridgehead atoms. The van der Waals surface area contributed by atoms with Crippen molar-refractivity contribution >= 4 is 45.1 Å². The first-order valence-corrected chi connectivity index (χ1v) is 8.25. The Balaban J connectivity index is 2.38. The van der Waals surface area contributed by atoms with E-state index in [0.29, 0.717) is 5.96 Å². The molecule has 0 saturated carbocycles. The number of anilines is 1. The number of aromatic nitrogens is 1. The van der Waals surface area contributed by atoms with Crippen molar-refractivity contribution in [2.75, 3.05) is 11.9 Å². The van der Waals surface area contributed by atoms with Crippen LogP contribution in [0.1, 0.15) is 25.8 Å². The van der Waals surface area contributed by atoms with Crippen LogP contribution in [0, 0.1) is 3.57 Å². The molecule has 4 N–H and O–H groups in total. The van der Waals surface area contributed by atoms with E-state index in [4.69, 9.17) is 10.7 Å². The van der Waals surface area contributed by atoms with Gasteiger partial charge in [-0.2, -0.15) is 0 Å². The SMILES string of the molecule is CCNC1(CC)N=C(N)Nc2cc(I)c3c(ccn3C)c21. The van der Waals surface area contributed by atoms with Crippen LogP contribution < -0.4 is 16.4 Å². The number of benzene rings is 1. The highest BCUT2D eigenvalue weighted by Crippen LogP contribution is 2.42. The molecule has 21 heavy (non-hydrogen) atoms. The topological polar surface area (TPSA) is 67.4 Å². The molecule has 1 aliphatic rings. The zero-order valence-electron chi connectivity index (χ0n) is 12.5. The molecule has 0 amide bonds. The van der Waals surface area contributed by atoms with E-state index in [-0.39, 0.29) is 0 Å². The number of nitrogens with two attached hydrogens (primary N) is 1. The number of halogens is 1. The number of hydrogen-bond acceptors (Lipinski definition) is 4. The molecular formula is C15H20IN5. The Morgan fingerprint density at radius 2 is 2.24 bits per heavy atom. The van der Waals surface area contributed by atoms with Gasteiger partial charge in [0.2, 0.25) is 0 Å². The number of aryl methyl sites for hydroxylation is 1. The van der Waals surface area contributed by atoms with Crippen molar-refractivity contribution in [2.45, 2.75) is 25.9 Å². The average molecular weight is 397 g/mol. The van der Waals surface area contributed by atoms with Crippen LogP contribution in [0.25, 0.3) is 10.9 Å². The average Bonchev–Trinajstić information content (AvgIpc) is 2.81. The summed E-state index contributed by atoms with van der Waals surface area (Å²) in [5, 5.41) is 7.99.